The van der Waals surface area contributed by atoms with Crippen LogP contribution in [0.5, 0.6) is 0 Å². The number of amides is 1. The van der Waals surface area contributed by atoms with Crippen LogP contribution in [0.1, 0.15) is 27.2 Å². The Morgan fingerprint density at radius 3 is 2.70 bits per heavy atom. The molecule has 2 rings (SSSR count). The normalized spacial score (nSPS) is 20.6. The van der Waals surface area contributed by atoms with E-state index in [1.165, 1.54) is 17.3 Å². The molecule has 0 bridgehead atoms. The lowest BCUT2D eigenvalue weighted by molar-refractivity contribution is -0.177. The number of halogens is 3. The second kappa shape index (κ2) is 8.22. The zero-order chi connectivity index (χ0) is 20.2. The van der Waals surface area contributed by atoms with Gasteiger partial charge in [-0.3, -0.25) is 4.98 Å². The molecule has 1 aromatic heterocycles. The number of isothiocyanates is 1. The fourth-order valence-corrected chi connectivity index (χ4v) is 2.99. The topological polar surface area (TPSA) is 66.8 Å². The molecule has 1 aliphatic heterocycles. The Labute approximate surface area is 160 Å². The highest BCUT2D eigenvalue weighted by atomic mass is 32.1. The summed E-state index contributed by atoms with van der Waals surface area (Å²) < 4.78 is 45.4. The molecular weight excluding hydrogens is 381 g/mol. The Hall–Kier alpha value is -2.19. The minimum atomic E-state index is -4.40. The Kier molecular flexibility index (Phi) is 6.43. The van der Waals surface area contributed by atoms with Gasteiger partial charge in [0, 0.05) is 19.3 Å². The number of hydrogen-bond acceptors (Lipinski definition) is 6. The number of pyridine rings is 1. The van der Waals surface area contributed by atoms with Crippen molar-refractivity contribution in [2.45, 2.75) is 45.0 Å². The summed E-state index contributed by atoms with van der Waals surface area (Å²) in [7, 11) is 0. The van der Waals surface area contributed by atoms with Crippen LogP contribution < -0.4 is 10.2 Å². The van der Waals surface area contributed by atoms with Gasteiger partial charge in [-0.05, 0) is 45.5 Å². The number of alkyl carbamates (subject to hydrolysis) is 1. The number of hydrogen-bond donors (Lipinski definition) is 1. The minimum Gasteiger partial charge on any atom is -0.444 e. The largest absolute Gasteiger partial charge is 0.444 e. The molecule has 1 aromatic rings. The van der Waals surface area contributed by atoms with E-state index in [0.717, 1.165) is 0 Å². The predicted octanol–water partition coefficient (Wildman–Crippen LogP) is 4.10. The molecule has 0 spiro atoms. The van der Waals surface area contributed by atoms with Crippen molar-refractivity contribution in [1.29, 1.82) is 0 Å². The molecule has 0 radical (unpaired) electrons. The fraction of sp³-hybridized carbons (Fsp3) is 0.588. The molecule has 1 N–H and O–H groups in total. The first-order valence-corrected chi connectivity index (χ1v) is 8.73. The van der Waals surface area contributed by atoms with Crippen molar-refractivity contribution < 1.29 is 22.7 Å². The number of ether oxygens (including phenoxy) is 1. The first-order chi connectivity index (χ1) is 12.5. The highest BCUT2D eigenvalue weighted by Crippen LogP contribution is 2.37. The molecule has 1 saturated heterocycles. The van der Waals surface area contributed by atoms with Gasteiger partial charge in [0.05, 0.1) is 29.0 Å². The summed E-state index contributed by atoms with van der Waals surface area (Å²) in [5, 5.41) is 4.75. The number of nitrogens with zero attached hydrogens (tertiary/aromatic N) is 3. The number of carbonyl (C=O) groups is 1. The molecule has 148 valence electrons. The van der Waals surface area contributed by atoms with Crippen LogP contribution in [0.2, 0.25) is 0 Å². The Balaban J connectivity index is 2.25. The molecule has 6 nitrogen and oxygen atoms in total. The van der Waals surface area contributed by atoms with Gasteiger partial charge in [0.15, 0.2) is 0 Å². The van der Waals surface area contributed by atoms with Crippen molar-refractivity contribution in [3.8, 4) is 0 Å². The number of aliphatic imine (C=N–C) groups is 1. The SMILES string of the molecule is CC(C)(C)OC(=O)NC1CC(C(F)(F)F)CN(c2ccncc2N=C=S)C1. The first-order valence-electron chi connectivity index (χ1n) is 8.32. The van der Waals surface area contributed by atoms with Crippen LogP contribution in [0.3, 0.4) is 0 Å². The summed E-state index contributed by atoms with van der Waals surface area (Å²) >= 11 is 4.59. The summed E-state index contributed by atoms with van der Waals surface area (Å²) in [6.45, 7) is 4.98. The van der Waals surface area contributed by atoms with Crippen LogP contribution in [-0.2, 0) is 4.74 Å². The van der Waals surface area contributed by atoms with E-state index in [9.17, 15) is 18.0 Å². The Morgan fingerprint density at radius 2 is 2.11 bits per heavy atom. The highest BCUT2D eigenvalue weighted by Gasteiger charge is 2.45. The molecule has 1 fully saturated rings. The average Bonchev–Trinajstić information content (AvgIpc) is 2.52. The maximum absolute atomic E-state index is 13.4. The van der Waals surface area contributed by atoms with Crippen LogP contribution in [0.25, 0.3) is 0 Å². The minimum absolute atomic E-state index is 0.176. The molecule has 0 aliphatic carbocycles. The number of thiocarbonyl (C=S) groups is 1. The van der Waals surface area contributed by atoms with Crippen molar-refractivity contribution in [3.63, 3.8) is 0 Å². The molecule has 0 saturated carbocycles. The van der Waals surface area contributed by atoms with Crippen LogP contribution in [0.4, 0.5) is 29.3 Å². The van der Waals surface area contributed by atoms with E-state index < -0.39 is 29.8 Å². The molecule has 2 heterocycles. The van der Waals surface area contributed by atoms with Gasteiger partial charge < -0.3 is 15.0 Å². The monoisotopic (exact) mass is 402 g/mol. The number of alkyl halides is 3. The van der Waals surface area contributed by atoms with E-state index in [-0.39, 0.29) is 19.5 Å². The van der Waals surface area contributed by atoms with Crippen LogP contribution >= 0.6 is 12.2 Å². The van der Waals surface area contributed by atoms with Gasteiger partial charge in [-0.1, -0.05) is 0 Å². The Bertz CT molecular complexity index is 730. The van der Waals surface area contributed by atoms with Gasteiger partial charge in [0.25, 0.3) is 0 Å². The molecule has 0 aromatic carbocycles. The number of piperidine rings is 1. The second-order valence-corrected chi connectivity index (χ2v) is 7.47. The number of rotatable bonds is 3. The number of aromatic nitrogens is 1. The summed E-state index contributed by atoms with van der Waals surface area (Å²) in [6, 6.07) is 0.826. The first kappa shape index (κ1) is 21.1. The van der Waals surface area contributed by atoms with E-state index >= 15 is 0 Å². The van der Waals surface area contributed by atoms with Gasteiger partial charge in [0.2, 0.25) is 0 Å². The lowest BCUT2D eigenvalue weighted by atomic mass is 9.93. The molecule has 10 heteroatoms. The van der Waals surface area contributed by atoms with Crippen molar-refractivity contribution in [2.75, 3.05) is 18.0 Å². The molecule has 1 amide bonds. The highest BCUT2D eigenvalue weighted by molar-refractivity contribution is 7.78. The van der Waals surface area contributed by atoms with E-state index in [2.05, 4.69) is 32.7 Å². The third kappa shape index (κ3) is 6.18. The lowest BCUT2D eigenvalue weighted by Gasteiger charge is -2.40. The van der Waals surface area contributed by atoms with Gasteiger partial charge in [-0.15, -0.1) is 0 Å². The fourth-order valence-electron chi connectivity index (χ4n) is 2.89. The maximum atomic E-state index is 13.4. The van der Waals surface area contributed by atoms with Crippen molar-refractivity contribution in [1.82, 2.24) is 10.3 Å². The summed E-state index contributed by atoms with van der Waals surface area (Å²) in [5.41, 5.74) is 0.0346. The van der Waals surface area contributed by atoms with E-state index in [4.69, 9.17) is 4.74 Å². The summed E-state index contributed by atoms with van der Waals surface area (Å²) in [4.78, 5) is 21.3. The smallest absolute Gasteiger partial charge is 0.407 e. The third-order valence-electron chi connectivity index (χ3n) is 3.92. The van der Waals surface area contributed by atoms with Gasteiger partial charge in [-0.25, -0.2) is 4.79 Å². The number of anilines is 1. The maximum Gasteiger partial charge on any atom is 0.407 e. The zero-order valence-corrected chi connectivity index (χ0v) is 16.0. The van der Waals surface area contributed by atoms with Crippen molar-refractivity contribution in [3.05, 3.63) is 18.5 Å². The zero-order valence-electron chi connectivity index (χ0n) is 15.2. The van der Waals surface area contributed by atoms with E-state index in [0.29, 0.717) is 11.4 Å². The summed E-state index contributed by atoms with van der Waals surface area (Å²) in [5.74, 6) is -1.61. The lowest BCUT2D eigenvalue weighted by Crippen LogP contribution is -2.54. The molecule has 1 aliphatic rings. The van der Waals surface area contributed by atoms with Gasteiger partial charge in [-0.2, -0.15) is 18.2 Å². The van der Waals surface area contributed by atoms with E-state index in [1.54, 1.807) is 26.8 Å². The quantitative estimate of drug-likeness (QED) is 0.609. The van der Waals surface area contributed by atoms with Crippen molar-refractivity contribution in [2.24, 2.45) is 10.9 Å². The molecule has 2 unspecified atom stereocenters. The van der Waals surface area contributed by atoms with Gasteiger partial charge >= 0.3 is 12.3 Å². The second-order valence-electron chi connectivity index (χ2n) is 7.29. The number of nitrogens with one attached hydrogen (secondary N) is 1. The number of carbonyl (C=O) groups excluding carboxylic acids is 1. The average molecular weight is 402 g/mol. The molecular formula is C17H21F3N4O2S. The Morgan fingerprint density at radius 1 is 1.41 bits per heavy atom. The van der Waals surface area contributed by atoms with Crippen LogP contribution in [0, 0.1) is 5.92 Å². The third-order valence-corrected chi connectivity index (χ3v) is 4.01. The predicted molar refractivity (Wildman–Crippen MR) is 98.5 cm³/mol. The van der Waals surface area contributed by atoms with Gasteiger partial charge in [0.1, 0.15) is 11.3 Å². The van der Waals surface area contributed by atoms with Crippen molar-refractivity contribution >= 4 is 34.8 Å². The van der Waals surface area contributed by atoms with Crippen LogP contribution in [-0.4, -0.2) is 47.1 Å². The van der Waals surface area contributed by atoms with Crippen LogP contribution in [0.15, 0.2) is 23.5 Å². The summed E-state index contributed by atoms with van der Waals surface area (Å²) in [6.07, 6.45) is -2.50. The van der Waals surface area contributed by atoms with E-state index in [1.807, 2.05) is 0 Å². The molecule has 2 atom stereocenters. The standard InChI is InChI=1S/C17H21F3N4O2S/c1-16(2,3)26-15(25)23-12-6-11(17(18,19)20)8-24(9-12)14-4-5-21-7-13(14)22-10-27/h4-5,7,11-12H,6,8-9H2,1-3H3,(H,23,25). The molecule has 27 heavy (non-hydrogen) atoms.